The molecule has 1 aliphatic heterocycles. The van der Waals surface area contributed by atoms with Gasteiger partial charge in [0, 0.05) is 0 Å². The zero-order valence-electron chi connectivity index (χ0n) is 16.1. The third kappa shape index (κ3) is 4.48. The molecule has 1 fully saturated rings. The number of carbonyl (C=O) groups excluding carboxylic acids is 1. The van der Waals surface area contributed by atoms with Crippen molar-refractivity contribution >= 4 is 11.9 Å². The Kier molecular flexibility index (Phi) is 5.53. The number of furan rings is 1. The Morgan fingerprint density at radius 1 is 1.11 bits per heavy atom. The van der Waals surface area contributed by atoms with Crippen molar-refractivity contribution in [1.29, 1.82) is 0 Å². The van der Waals surface area contributed by atoms with Crippen molar-refractivity contribution in [2.75, 3.05) is 18.4 Å². The van der Waals surface area contributed by atoms with Crippen molar-refractivity contribution in [3.05, 3.63) is 65.4 Å². The van der Waals surface area contributed by atoms with E-state index in [9.17, 15) is 4.79 Å². The SMILES string of the molecule is Cc1ccccc1Cn1cnc(NC(=O)c2ccc(CN3CCCCC3)o2)n1. The minimum atomic E-state index is -0.335. The van der Waals surface area contributed by atoms with E-state index in [0.29, 0.717) is 6.54 Å². The van der Waals surface area contributed by atoms with Gasteiger partial charge < -0.3 is 4.42 Å². The summed E-state index contributed by atoms with van der Waals surface area (Å²) in [5.74, 6) is 1.03. The van der Waals surface area contributed by atoms with Gasteiger partial charge in [-0.05, 0) is 56.1 Å². The van der Waals surface area contributed by atoms with Crippen LogP contribution in [0.3, 0.4) is 0 Å². The summed E-state index contributed by atoms with van der Waals surface area (Å²) in [6.45, 7) is 5.59. The number of likely N-dealkylation sites (tertiary alicyclic amines) is 1. The first-order valence-corrected chi connectivity index (χ1v) is 9.74. The molecule has 2 aromatic heterocycles. The smallest absolute Gasteiger partial charge is 0.293 e. The number of nitrogens with one attached hydrogen (secondary N) is 1. The second kappa shape index (κ2) is 8.39. The average Bonchev–Trinajstić information content (AvgIpc) is 3.34. The topological polar surface area (TPSA) is 76.2 Å². The molecule has 7 heteroatoms. The van der Waals surface area contributed by atoms with Gasteiger partial charge in [-0.3, -0.25) is 15.0 Å². The van der Waals surface area contributed by atoms with Gasteiger partial charge in [0.25, 0.3) is 5.91 Å². The number of benzene rings is 1. The Hall–Kier alpha value is -2.93. The van der Waals surface area contributed by atoms with Gasteiger partial charge in [-0.2, -0.15) is 0 Å². The molecule has 1 N–H and O–H groups in total. The lowest BCUT2D eigenvalue weighted by atomic mass is 10.1. The molecule has 1 saturated heterocycles. The van der Waals surface area contributed by atoms with E-state index in [2.05, 4.69) is 39.4 Å². The number of aromatic nitrogens is 3. The number of piperidine rings is 1. The normalized spacial score (nSPS) is 14.9. The fraction of sp³-hybridized carbons (Fsp3) is 0.381. The van der Waals surface area contributed by atoms with Crippen LogP contribution >= 0.6 is 0 Å². The highest BCUT2D eigenvalue weighted by Crippen LogP contribution is 2.16. The number of anilines is 1. The molecule has 0 atom stereocenters. The van der Waals surface area contributed by atoms with Crippen molar-refractivity contribution in [3.63, 3.8) is 0 Å². The maximum absolute atomic E-state index is 12.4. The van der Waals surface area contributed by atoms with Crippen molar-refractivity contribution in [3.8, 4) is 0 Å². The van der Waals surface area contributed by atoms with Gasteiger partial charge in [0.05, 0.1) is 13.1 Å². The Balaban J connectivity index is 1.35. The fourth-order valence-corrected chi connectivity index (χ4v) is 3.48. The second-order valence-corrected chi connectivity index (χ2v) is 7.25. The molecule has 28 heavy (non-hydrogen) atoms. The monoisotopic (exact) mass is 379 g/mol. The number of aryl methyl sites for hydroxylation is 1. The number of hydrogen-bond acceptors (Lipinski definition) is 5. The van der Waals surface area contributed by atoms with E-state index in [1.165, 1.54) is 30.4 Å². The van der Waals surface area contributed by atoms with Crippen LogP contribution < -0.4 is 5.32 Å². The molecule has 146 valence electrons. The van der Waals surface area contributed by atoms with Crippen LogP contribution in [0.4, 0.5) is 5.95 Å². The van der Waals surface area contributed by atoms with Gasteiger partial charge in [0.2, 0.25) is 5.95 Å². The second-order valence-electron chi connectivity index (χ2n) is 7.25. The van der Waals surface area contributed by atoms with E-state index in [4.69, 9.17) is 4.42 Å². The van der Waals surface area contributed by atoms with Crippen LogP contribution in [0.2, 0.25) is 0 Å². The summed E-state index contributed by atoms with van der Waals surface area (Å²) in [7, 11) is 0. The van der Waals surface area contributed by atoms with Crippen molar-refractivity contribution < 1.29 is 9.21 Å². The molecule has 0 spiro atoms. The molecule has 4 rings (SSSR count). The molecule has 3 aromatic rings. The van der Waals surface area contributed by atoms with Gasteiger partial charge >= 0.3 is 0 Å². The Labute approximate surface area is 164 Å². The molecule has 1 amide bonds. The van der Waals surface area contributed by atoms with Crippen LogP contribution in [0.15, 0.2) is 47.1 Å². The van der Waals surface area contributed by atoms with E-state index in [1.54, 1.807) is 17.1 Å². The van der Waals surface area contributed by atoms with Crippen LogP contribution in [0.1, 0.15) is 46.7 Å². The highest BCUT2D eigenvalue weighted by atomic mass is 16.4. The van der Waals surface area contributed by atoms with Crippen LogP contribution in [-0.4, -0.2) is 38.7 Å². The van der Waals surface area contributed by atoms with Crippen LogP contribution in [0.25, 0.3) is 0 Å². The zero-order valence-corrected chi connectivity index (χ0v) is 16.1. The zero-order chi connectivity index (χ0) is 19.3. The first kappa shape index (κ1) is 18.4. The molecule has 1 aliphatic rings. The van der Waals surface area contributed by atoms with E-state index in [1.807, 2.05) is 18.2 Å². The van der Waals surface area contributed by atoms with Gasteiger partial charge in [0.1, 0.15) is 12.1 Å². The minimum absolute atomic E-state index is 0.271. The molecule has 0 unspecified atom stereocenters. The molecule has 1 aromatic carbocycles. The third-order valence-electron chi connectivity index (χ3n) is 5.07. The first-order chi connectivity index (χ1) is 13.7. The quantitative estimate of drug-likeness (QED) is 0.710. The lowest BCUT2D eigenvalue weighted by Gasteiger charge is -2.25. The number of rotatable bonds is 6. The van der Waals surface area contributed by atoms with Gasteiger partial charge in [-0.15, -0.1) is 5.10 Å². The number of carbonyl (C=O) groups is 1. The standard InChI is InChI=1S/C21H25N5O2/c1-16-7-3-4-8-17(16)13-26-15-22-21(24-26)23-20(27)19-10-9-18(28-19)14-25-11-5-2-6-12-25/h3-4,7-10,15H,2,5-6,11-14H2,1H3,(H,23,24,27). The maximum Gasteiger partial charge on any atom is 0.293 e. The minimum Gasteiger partial charge on any atom is -0.455 e. The summed E-state index contributed by atoms with van der Waals surface area (Å²) < 4.78 is 7.43. The molecular weight excluding hydrogens is 354 g/mol. The summed E-state index contributed by atoms with van der Waals surface area (Å²) in [4.78, 5) is 19.0. The van der Waals surface area contributed by atoms with Crippen LogP contribution in [0.5, 0.6) is 0 Å². The first-order valence-electron chi connectivity index (χ1n) is 9.74. The van der Waals surface area contributed by atoms with Gasteiger partial charge in [-0.1, -0.05) is 30.7 Å². The molecule has 0 bridgehead atoms. The lowest BCUT2D eigenvalue weighted by Crippen LogP contribution is -2.28. The summed E-state index contributed by atoms with van der Waals surface area (Å²) in [5, 5.41) is 7.04. The predicted molar refractivity (Wildman–Crippen MR) is 106 cm³/mol. The highest BCUT2D eigenvalue weighted by Gasteiger charge is 2.16. The third-order valence-corrected chi connectivity index (χ3v) is 5.07. The fourth-order valence-electron chi connectivity index (χ4n) is 3.48. The van der Waals surface area contributed by atoms with Crippen LogP contribution in [0, 0.1) is 6.92 Å². The average molecular weight is 379 g/mol. The maximum atomic E-state index is 12.4. The summed E-state index contributed by atoms with van der Waals surface area (Å²) in [5.41, 5.74) is 2.36. The molecule has 7 nitrogen and oxygen atoms in total. The van der Waals surface area contributed by atoms with E-state index in [0.717, 1.165) is 25.4 Å². The van der Waals surface area contributed by atoms with E-state index in [-0.39, 0.29) is 17.6 Å². The summed E-state index contributed by atoms with van der Waals surface area (Å²) in [6, 6.07) is 11.7. The number of amides is 1. The number of nitrogens with zero attached hydrogens (tertiary/aromatic N) is 4. The summed E-state index contributed by atoms with van der Waals surface area (Å²) >= 11 is 0. The van der Waals surface area contributed by atoms with Gasteiger partial charge in [-0.25, -0.2) is 9.67 Å². The predicted octanol–water partition coefficient (Wildman–Crippen LogP) is 3.47. The number of hydrogen-bond donors (Lipinski definition) is 1. The van der Waals surface area contributed by atoms with Crippen molar-refractivity contribution in [2.45, 2.75) is 39.3 Å². The Morgan fingerprint density at radius 3 is 2.75 bits per heavy atom. The van der Waals surface area contributed by atoms with Crippen molar-refractivity contribution in [1.82, 2.24) is 19.7 Å². The molecule has 0 saturated carbocycles. The largest absolute Gasteiger partial charge is 0.455 e. The Bertz CT molecular complexity index is 940. The van der Waals surface area contributed by atoms with Crippen LogP contribution in [-0.2, 0) is 13.1 Å². The summed E-state index contributed by atoms with van der Waals surface area (Å²) in [6.07, 6.45) is 5.37. The molecular formula is C21H25N5O2. The molecule has 0 radical (unpaired) electrons. The van der Waals surface area contributed by atoms with E-state index < -0.39 is 0 Å². The van der Waals surface area contributed by atoms with E-state index >= 15 is 0 Å². The molecule has 3 heterocycles. The molecule has 0 aliphatic carbocycles. The van der Waals surface area contributed by atoms with Gasteiger partial charge in [0.15, 0.2) is 5.76 Å². The Morgan fingerprint density at radius 2 is 1.93 bits per heavy atom. The highest BCUT2D eigenvalue weighted by molar-refractivity contribution is 6.01. The lowest BCUT2D eigenvalue weighted by molar-refractivity contribution is 0.0991. The van der Waals surface area contributed by atoms with Crippen molar-refractivity contribution in [2.24, 2.45) is 0 Å².